The van der Waals surface area contributed by atoms with Gasteiger partial charge >= 0.3 is 0 Å². The van der Waals surface area contributed by atoms with Crippen LogP contribution in [0.3, 0.4) is 0 Å². The van der Waals surface area contributed by atoms with Gasteiger partial charge in [-0.1, -0.05) is 67.1 Å². The Labute approximate surface area is 147 Å². The lowest BCUT2D eigenvalue weighted by atomic mass is 9.78. The van der Waals surface area contributed by atoms with Crippen molar-refractivity contribution in [2.45, 2.75) is 58.3 Å². The van der Waals surface area contributed by atoms with Gasteiger partial charge in [0.05, 0.1) is 0 Å². The molecule has 0 amide bonds. The minimum Gasteiger partial charge on any atom is -0.0945 e. The molecular formula is C24H28. The fourth-order valence-corrected chi connectivity index (χ4v) is 3.64. The largest absolute Gasteiger partial charge is 0.0945 e. The summed E-state index contributed by atoms with van der Waals surface area (Å²) in [7, 11) is 0. The molecule has 0 radical (unpaired) electrons. The van der Waals surface area contributed by atoms with Crippen LogP contribution in [0.15, 0.2) is 48.5 Å². The Morgan fingerprint density at radius 3 is 2.17 bits per heavy atom. The summed E-state index contributed by atoms with van der Waals surface area (Å²) in [6.07, 6.45) is 7.45. The molecule has 0 bridgehead atoms. The maximum atomic E-state index is 3.51. The van der Waals surface area contributed by atoms with Crippen LogP contribution in [0.2, 0.25) is 0 Å². The lowest BCUT2D eigenvalue weighted by Crippen LogP contribution is -2.12. The summed E-state index contributed by atoms with van der Waals surface area (Å²) in [5.41, 5.74) is 5.44. The first-order valence-electron chi connectivity index (χ1n) is 9.41. The molecule has 0 atom stereocenters. The van der Waals surface area contributed by atoms with E-state index >= 15 is 0 Å². The van der Waals surface area contributed by atoms with Crippen LogP contribution >= 0.6 is 0 Å². The predicted octanol–water partition coefficient (Wildman–Crippen LogP) is 6.27. The third kappa shape index (κ3) is 4.51. The number of hydrogen-bond acceptors (Lipinski definition) is 0. The lowest BCUT2D eigenvalue weighted by Gasteiger charge is -2.26. The van der Waals surface area contributed by atoms with Crippen LogP contribution in [0.4, 0.5) is 0 Å². The topological polar surface area (TPSA) is 0 Å². The molecule has 0 heterocycles. The van der Waals surface area contributed by atoms with Gasteiger partial charge in [-0.2, -0.15) is 0 Å². The van der Waals surface area contributed by atoms with Crippen LogP contribution in [0.25, 0.3) is 0 Å². The Morgan fingerprint density at radius 1 is 0.875 bits per heavy atom. The smallest absolute Gasteiger partial charge is 0.0245 e. The van der Waals surface area contributed by atoms with Crippen molar-refractivity contribution in [2.75, 3.05) is 0 Å². The summed E-state index contributed by atoms with van der Waals surface area (Å²) in [6, 6.07) is 17.9. The molecule has 1 aliphatic rings. The third-order valence-electron chi connectivity index (χ3n) is 5.19. The highest BCUT2D eigenvalue weighted by Gasteiger charge is 2.21. The second-order valence-electron chi connectivity index (χ2n) is 7.18. The molecule has 0 heteroatoms. The van der Waals surface area contributed by atoms with Crippen molar-refractivity contribution in [1.82, 2.24) is 0 Å². The highest BCUT2D eigenvalue weighted by molar-refractivity contribution is 5.36. The van der Waals surface area contributed by atoms with Gasteiger partial charge in [0.15, 0.2) is 0 Å². The number of aryl methyl sites for hydroxylation is 2. The Bertz CT molecular complexity index is 686. The predicted molar refractivity (Wildman–Crippen MR) is 103 cm³/mol. The van der Waals surface area contributed by atoms with E-state index < -0.39 is 0 Å². The van der Waals surface area contributed by atoms with Crippen molar-refractivity contribution < 1.29 is 0 Å². The standard InChI is InChI=1S/C24H28/c1-3-4-20-11-15-23(16-12-20)24-17-13-22(14-18-24)10-9-21-7-5-19(2)6-8-21/h5-8,11-12,15-16,22,24H,3-4,13-14,17-18H2,1-2H3/t22-,24-. The number of hydrogen-bond donors (Lipinski definition) is 0. The average molecular weight is 316 g/mol. The minimum absolute atomic E-state index is 0.571. The van der Waals surface area contributed by atoms with E-state index in [0.29, 0.717) is 5.92 Å². The van der Waals surface area contributed by atoms with Crippen molar-refractivity contribution in [3.8, 4) is 11.8 Å². The molecule has 124 valence electrons. The zero-order chi connectivity index (χ0) is 16.8. The van der Waals surface area contributed by atoms with Gasteiger partial charge in [-0.3, -0.25) is 0 Å². The van der Waals surface area contributed by atoms with Crippen LogP contribution in [-0.4, -0.2) is 0 Å². The molecule has 0 nitrogen and oxygen atoms in total. The first-order chi connectivity index (χ1) is 11.7. The van der Waals surface area contributed by atoms with Crippen molar-refractivity contribution in [2.24, 2.45) is 5.92 Å². The van der Waals surface area contributed by atoms with E-state index in [4.69, 9.17) is 0 Å². The molecule has 24 heavy (non-hydrogen) atoms. The highest BCUT2D eigenvalue weighted by Crippen LogP contribution is 2.35. The normalized spacial score (nSPS) is 20.2. The van der Waals surface area contributed by atoms with Crippen LogP contribution in [0.1, 0.15) is 67.2 Å². The lowest BCUT2D eigenvalue weighted by molar-refractivity contribution is 0.384. The Hall–Kier alpha value is -2.00. The van der Waals surface area contributed by atoms with Crippen molar-refractivity contribution in [3.05, 3.63) is 70.8 Å². The molecule has 0 unspecified atom stereocenters. The fourth-order valence-electron chi connectivity index (χ4n) is 3.64. The molecule has 1 aliphatic carbocycles. The third-order valence-corrected chi connectivity index (χ3v) is 5.19. The number of benzene rings is 2. The van der Waals surface area contributed by atoms with Crippen molar-refractivity contribution in [3.63, 3.8) is 0 Å². The summed E-state index contributed by atoms with van der Waals surface area (Å²) in [5, 5.41) is 0. The maximum absolute atomic E-state index is 3.51. The highest BCUT2D eigenvalue weighted by atomic mass is 14.2. The van der Waals surface area contributed by atoms with Crippen molar-refractivity contribution >= 4 is 0 Å². The first-order valence-corrected chi connectivity index (χ1v) is 9.41. The molecule has 0 N–H and O–H groups in total. The van der Waals surface area contributed by atoms with E-state index in [9.17, 15) is 0 Å². The molecule has 0 saturated heterocycles. The summed E-state index contributed by atoms with van der Waals surface area (Å²) in [4.78, 5) is 0. The SMILES string of the molecule is CCCc1ccc([C@H]2CC[C@H](C#Cc3ccc(C)cc3)CC2)cc1. The van der Waals surface area contributed by atoms with Gasteiger partial charge in [-0.05, 0) is 68.2 Å². The van der Waals surface area contributed by atoms with Gasteiger partial charge < -0.3 is 0 Å². The van der Waals surface area contributed by atoms with Gasteiger partial charge in [-0.15, -0.1) is 0 Å². The van der Waals surface area contributed by atoms with Crippen LogP contribution < -0.4 is 0 Å². The maximum Gasteiger partial charge on any atom is 0.0245 e. The molecule has 0 aromatic heterocycles. The van der Waals surface area contributed by atoms with Crippen LogP contribution in [-0.2, 0) is 6.42 Å². The Morgan fingerprint density at radius 2 is 1.54 bits per heavy atom. The van der Waals surface area contributed by atoms with E-state index in [-0.39, 0.29) is 0 Å². The van der Waals surface area contributed by atoms with Crippen LogP contribution in [0.5, 0.6) is 0 Å². The molecule has 3 rings (SSSR count). The second kappa shape index (κ2) is 8.20. The minimum atomic E-state index is 0.571. The van der Waals surface area contributed by atoms with Crippen molar-refractivity contribution in [1.29, 1.82) is 0 Å². The van der Waals surface area contributed by atoms with E-state index in [2.05, 4.69) is 74.2 Å². The quantitative estimate of drug-likeness (QED) is 0.585. The monoisotopic (exact) mass is 316 g/mol. The number of rotatable bonds is 3. The van der Waals surface area contributed by atoms with Gasteiger partial charge in [0.25, 0.3) is 0 Å². The van der Waals surface area contributed by atoms with Gasteiger partial charge in [0.2, 0.25) is 0 Å². The van der Waals surface area contributed by atoms with Gasteiger partial charge in [0.1, 0.15) is 0 Å². The molecule has 0 spiro atoms. The second-order valence-corrected chi connectivity index (χ2v) is 7.18. The summed E-state index contributed by atoms with van der Waals surface area (Å²) in [5.74, 6) is 8.18. The Balaban J connectivity index is 1.55. The summed E-state index contributed by atoms with van der Waals surface area (Å²) >= 11 is 0. The van der Waals surface area contributed by atoms with E-state index in [1.165, 1.54) is 55.2 Å². The van der Waals surface area contributed by atoms with E-state index in [1.807, 2.05) is 0 Å². The van der Waals surface area contributed by atoms with E-state index in [0.717, 1.165) is 11.5 Å². The molecular weight excluding hydrogens is 288 g/mol. The average Bonchev–Trinajstić information content (AvgIpc) is 2.63. The van der Waals surface area contributed by atoms with Crippen LogP contribution in [0, 0.1) is 24.7 Å². The summed E-state index contributed by atoms with van der Waals surface area (Å²) < 4.78 is 0. The molecule has 2 aromatic rings. The molecule has 1 fully saturated rings. The fraction of sp³-hybridized carbons (Fsp3) is 0.417. The molecule has 1 saturated carbocycles. The molecule has 0 aliphatic heterocycles. The zero-order valence-electron chi connectivity index (χ0n) is 15.0. The zero-order valence-corrected chi connectivity index (χ0v) is 15.0. The summed E-state index contributed by atoms with van der Waals surface area (Å²) in [6.45, 7) is 4.36. The van der Waals surface area contributed by atoms with E-state index in [1.54, 1.807) is 0 Å². The Kier molecular flexibility index (Phi) is 5.76. The van der Waals surface area contributed by atoms with Gasteiger partial charge in [-0.25, -0.2) is 0 Å². The first kappa shape index (κ1) is 16.8. The molecule has 2 aromatic carbocycles. The van der Waals surface area contributed by atoms with Gasteiger partial charge in [0, 0.05) is 11.5 Å².